The minimum Gasteiger partial charge on any atom is -0.369 e. The van der Waals surface area contributed by atoms with Crippen molar-refractivity contribution >= 4 is 22.8 Å². The number of ketones is 1. The van der Waals surface area contributed by atoms with Crippen molar-refractivity contribution in [1.82, 2.24) is 9.97 Å². The molecular weight excluding hydrogens is 226 g/mol. The molecule has 1 aliphatic rings. The number of aromatic nitrogens is 2. The van der Waals surface area contributed by atoms with E-state index in [1.54, 1.807) is 0 Å². The molecule has 1 aromatic heterocycles. The van der Waals surface area contributed by atoms with Gasteiger partial charge >= 0.3 is 0 Å². The van der Waals surface area contributed by atoms with Crippen LogP contribution in [0.1, 0.15) is 42.5 Å². The summed E-state index contributed by atoms with van der Waals surface area (Å²) < 4.78 is 0. The predicted molar refractivity (Wildman–Crippen MR) is 71.4 cm³/mol. The summed E-state index contributed by atoms with van der Waals surface area (Å²) in [5, 5.41) is 0. The number of Topliss-reactive ketones (excluding diaryl/α,β-unsaturated/α-hetero) is 1. The molecule has 3 rings (SSSR count). The van der Waals surface area contributed by atoms with Crippen LogP contribution in [0.25, 0.3) is 11.0 Å². The Kier molecular flexibility index (Phi) is 2.78. The molecule has 0 bridgehead atoms. The lowest BCUT2D eigenvalue weighted by atomic mass is 9.84. The first kappa shape index (κ1) is 11.3. The van der Waals surface area contributed by atoms with E-state index in [0.29, 0.717) is 5.95 Å². The smallest absolute Gasteiger partial charge is 0.198 e. The molecule has 0 amide bonds. The van der Waals surface area contributed by atoms with Crippen LogP contribution in [-0.2, 0) is 0 Å². The standard InChI is InChI=1S/C14H17N3O/c15-14-16-11-7-6-10(8-12(11)17-14)13(18)9-4-2-1-3-5-9/h6-9H,1-5H2,(H3,15,16,17). The van der Waals surface area contributed by atoms with Crippen molar-refractivity contribution in [3.05, 3.63) is 23.8 Å². The highest BCUT2D eigenvalue weighted by atomic mass is 16.1. The number of fused-ring (bicyclic) bond motifs is 1. The summed E-state index contributed by atoms with van der Waals surface area (Å²) in [4.78, 5) is 19.5. The van der Waals surface area contributed by atoms with Crippen LogP contribution in [0.5, 0.6) is 0 Å². The van der Waals surface area contributed by atoms with Gasteiger partial charge < -0.3 is 10.7 Å². The maximum atomic E-state index is 12.4. The summed E-state index contributed by atoms with van der Waals surface area (Å²) in [6.07, 6.45) is 5.68. The summed E-state index contributed by atoms with van der Waals surface area (Å²) in [6.45, 7) is 0. The van der Waals surface area contributed by atoms with Gasteiger partial charge in [0.25, 0.3) is 0 Å². The highest BCUT2D eigenvalue weighted by molar-refractivity contribution is 6.00. The molecule has 0 radical (unpaired) electrons. The van der Waals surface area contributed by atoms with E-state index in [0.717, 1.165) is 29.4 Å². The van der Waals surface area contributed by atoms with Crippen molar-refractivity contribution in [3.63, 3.8) is 0 Å². The quantitative estimate of drug-likeness (QED) is 0.796. The Balaban J connectivity index is 1.90. The SMILES string of the molecule is Nc1nc2ccc(C(=O)C3CCCCC3)cc2[nH]1. The van der Waals surface area contributed by atoms with Crippen molar-refractivity contribution in [2.24, 2.45) is 5.92 Å². The minimum absolute atomic E-state index is 0.205. The zero-order chi connectivity index (χ0) is 12.5. The van der Waals surface area contributed by atoms with Crippen molar-refractivity contribution < 1.29 is 4.79 Å². The van der Waals surface area contributed by atoms with Crippen LogP contribution in [0.2, 0.25) is 0 Å². The Morgan fingerprint density at radius 2 is 2.06 bits per heavy atom. The van der Waals surface area contributed by atoms with Gasteiger partial charge in [-0.05, 0) is 31.0 Å². The van der Waals surface area contributed by atoms with Crippen LogP contribution >= 0.6 is 0 Å². The third kappa shape index (κ3) is 1.98. The molecule has 1 aliphatic carbocycles. The molecule has 0 unspecified atom stereocenters. The third-order valence-electron chi connectivity index (χ3n) is 3.76. The molecular formula is C14H17N3O. The summed E-state index contributed by atoms with van der Waals surface area (Å²) in [5.41, 5.74) is 8.04. The lowest BCUT2D eigenvalue weighted by Gasteiger charge is -2.20. The third-order valence-corrected chi connectivity index (χ3v) is 3.76. The van der Waals surface area contributed by atoms with E-state index in [-0.39, 0.29) is 11.7 Å². The number of nitrogen functional groups attached to an aromatic ring is 1. The number of rotatable bonds is 2. The molecule has 0 atom stereocenters. The number of H-pyrrole nitrogens is 1. The Hall–Kier alpha value is -1.84. The fourth-order valence-electron chi connectivity index (χ4n) is 2.78. The molecule has 1 heterocycles. The summed E-state index contributed by atoms with van der Waals surface area (Å²) in [5.74, 6) is 0.869. The summed E-state index contributed by atoms with van der Waals surface area (Å²) in [6, 6.07) is 5.59. The average Bonchev–Trinajstić information content (AvgIpc) is 2.78. The maximum Gasteiger partial charge on any atom is 0.198 e. The number of nitrogens with two attached hydrogens (primary N) is 1. The molecule has 3 N–H and O–H groups in total. The van der Waals surface area contributed by atoms with Gasteiger partial charge in [-0.1, -0.05) is 19.3 Å². The van der Waals surface area contributed by atoms with Crippen LogP contribution in [-0.4, -0.2) is 15.8 Å². The molecule has 18 heavy (non-hydrogen) atoms. The van der Waals surface area contributed by atoms with E-state index in [9.17, 15) is 4.79 Å². The maximum absolute atomic E-state index is 12.4. The van der Waals surface area contributed by atoms with E-state index in [1.807, 2.05) is 18.2 Å². The topological polar surface area (TPSA) is 71.8 Å². The first-order valence-electron chi connectivity index (χ1n) is 6.53. The lowest BCUT2D eigenvalue weighted by molar-refractivity contribution is 0.0889. The second-order valence-corrected chi connectivity index (χ2v) is 5.05. The number of hydrogen-bond acceptors (Lipinski definition) is 3. The van der Waals surface area contributed by atoms with Gasteiger partial charge in [0.2, 0.25) is 0 Å². The number of hydrogen-bond donors (Lipinski definition) is 2. The zero-order valence-electron chi connectivity index (χ0n) is 10.3. The van der Waals surface area contributed by atoms with Crippen molar-refractivity contribution in [2.45, 2.75) is 32.1 Å². The Morgan fingerprint density at radius 1 is 1.28 bits per heavy atom. The zero-order valence-corrected chi connectivity index (χ0v) is 10.3. The van der Waals surface area contributed by atoms with Gasteiger partial charge in [-0.15, -0.1) is 0 Å². The summed E-state index contributed by atoms with van der Waals surface area (Å²) >= 11 is 0. The van der Waals surface area contributed by atoms with E-state index >= 15 is 0 Å². The number of anilines is 1. The number of benzene rings is 1. The second-order valence-electron chi connectivity index (χ2n) is 5.05. The Morgan fingerprint density at radius 3 is 2.83 bits per heavy atom. The summed E-state index contributed by atoms with van der Waals surface area (Å²) in [7, 11) is 0. The highest BCUT2D eigenvalue weighted by Crippen LogP contribution is 2.27. The van der Waals surface area contributed by atoms with Gasteiger partial charge in [0.05, 0.1) is 11.0 Å². The minimum atomic E-state index is 0.205. The number of nitrogens with zero attached hydrogens (tertiary/aromatic N) is 1. The Bertz CT molecular complexity index is 582. The van der Waals surface area contributed by atoms with Crippen LogP contribution in [0.4, 0.5) is 5.95 Å². The first-order chi connectivity index (χ1) is 8.74. The van der Waals surface area contributed by atoms with Crippen LogP contribution in [0.15, 0.2) is 18.2 Å². The van der Waals surface area contributed by atoms with Gasteiger partial charge in [-0.25, -0.2) is 4.98 Å². The Labute approximate surface area is 106 Å². The van der Waals surface area contributed by atoms with E-state index in [2.05, 4.69) is 9.97 Å². The predicted octanol–water partition coefficient (Wildman–Crippen LogP) is 2.91. The molecule has 1 saturated carbocycles. The van der Waals surface area contributed by atoms with Crippen LogP contribution in [0, 0.1) is 5.92 Å². The van der Waals surface area contributed by atoms with Gasteiger partial charge in [0, 0.05) is 11.5 Å². The van der Waals surface area contributed by atoms with E-state index < -0.39 is 0 Å². The fourth-order valence-corrected chi connectivity index (χ4v) is 2.78. The van der Waals surface area contributed by atoms with Gasteiger partial charge in [0.15, 0.2) is 11.7 Å². The molecule has 0 aliphatic heterocycles. The lowest BCUT2D eigenvalue weighted by Crippen LogP contribution is -2.17. The molecule has 0 saturated heterocycles. The molecule has 1 aromatic carbocycles. The van der Waals surface area contributed by atoms with Gasteiger partial charge in [-0.3, -0.25) is 4.79 Å². The molecule has 2 aromatic rings. The molecule has 4 nitrogen and oxygen atoms in total. The first-order valence-corrected chi connectivity index (χ1v) is 6.53. The van der Waals surface area contributed by atoms with Gasteiger partial charge in [-0.2, -0.15) is 0 Å². The molecule has 0 spiro atoms. The van der Waals surface area contributed by atoms with E-state index in [1.165, 1.54) is 19.3 Å². The van der Waals surface area contributed by atoms with Crippen molar-refractivity contribution in [3.8, 4) is 0 Å². The largest absolute Gasteiger partial charge is 0.369 e. The molecule has 1 fully saturated rings. The van der Waals surface area contributed by atoms with Crippen molar-refractivity contribution in [2.75, 3.05) is 5.73 Å². The second kappa shape index (κ2) is 4.44. The van der Waals surface area contributed by atoms with Crippen LogP contribution < -0.4 is 5.73 Å². The molecule has 94 valence electrons. The molecule has 4 heteroatoms. The number of nitrogens with one attached hydrogen (secondary N) is 1. The highest BCUT2D eigenvalue weighted by Gasteiger charge is 2.22. The number of carbonyl (C=O) groups is 1. The van der Waals surface area contributed by atoms with E-state index in [4.69, 9.17) is 5.73 Å². The fraction of sp³-hybridized carbons (Fsp3) is 0.429. The normalized spacial score (nSPS) is 17.1. The van der Waals surface area contributed by atoms with Gasteiger partial charge in [0.1, 0.15) is 0 Å². The number of aromatic amines is 1. The van der Waals surface area contributed by atoms with Crippen molar-refractivity contribution in [1.29, 1.82) is 0 Å². The number of imidazole rings is 1. The monoisotopic (exact) mass is 243 g/mol. The average molecular weight is 243 g/mol. The number of carbonyl (C=O) groups excluding carboxylic acids is 1. The van der Waals surface area contributed by atoms with Crippen LogP contribution in [0.3, 0.4) is 0 Å².